The van der Waals surface area contributed by atoms with E-state index < -0.39 is 17.2 Å². The highest BCUT2D eigenvalue weighted by Gasteiger charge is 2.27. The van der Waals surface area contributed by atoms with Crippen molar-refractivity contribution in [3.8, 4) is 0 Å². The molecule has 0 atom stereocenters. The third kappa shape index (κ3) is 5.30. The number of aromatic nitrogens is 4. The van der Waals surface area contributed by atoms with Crippen LogP contribution in [0.4, 0.5) is 11.5 Å². The maximum Gasteiger partial charge on any atom is 0.330 e. The molecule has 3 N–H and O–H groups in total. The number of nitrogens with zero attached hydrogens (tertiary/aromatic N) is 4. The number of hydrogen-bond acceptors (Lipinski definition) is 7. The van der Waals surface area contributed by atoms with Gasteiger partial charge >= 0.3 is 5.69 Å². The third-order valence-electron chi connectivity index (χ3n) is 5.17. The number of anilines is 2. The van der Waals surface area contributed by atoms with E-state index in [1.807, 2.05) is 13.8 Å². The first-order valence-corrected chi connectivity index (χ1v) is 10.9. The monoisotopic (exact) mass is 456 g/mol. The first kappa shape index (κ1) is 23.8. The van der Waals surface area contributed by atoms with E-state index in [1.165, 1.54) is 27.6 Å². The summed E-state index contributed by atoms with van der Waals surface area (Å²) in [5.41, 5.74) is 4.24. The predicted octanol–water partition coefficient (Wildman–Crippen LogP) is 1.72. The maximum atomic E-state index is 13.5. The van der Waals surface area contributed by atoms with E-state index in [4.69, 9.17) is 10.2 Å². The number of H-pyrrole nitrogens is 1. The standard InChI is InChI=1S/C22H28N6O5/c1-3-5-11-26-19(23)18(20(30)24-22(26)32)27(14-15-8-7-13-33-15)21(31)16-9-10-17(29)28(25-16)12-6-4-2/h7-10,13H,3-6,11-12,14,23H2,1-2H3,(H,24,30,32). The van der Waals surface area contributed by atoms with Gasteiger partial charge in [-0.1, -0.05) is 26.7 Å². The summed E-state index contributed by atoms with van der Waals surface area (Å²) in [6, 6.07) is 5.86. The lowest BCUT2D eigenvalue weighted by atomic mass is 10.2. The molecule has 0 radical (unpaired) electrons. The zero-order chi connectivity index (χ0) is 24.0. The minimum atomic E-state index is -0.801. The zero-order valence-corrected chi connectivity index (χ0v) is 18.7. The molecule has 3 rings (SSSR count). The van der Waals surface area contributed by atoms with Gasteiger partial charge in [0.15, 0.2) is 5.69 Å². The molecule has 11 nitrogen and oxygen atoms in total. The van der Waals surface area contributed by atoms with Crippen LogP contribution in [0.1, 0.15) is 55.8 Å². The van der Waals surface area contributed by atoms with Gasteiger partial charge in [-0.3, -0.25) is 28.8 Å². The fourth-order valence-electron chi connectivity index (χ4n) is 3.36. The molecule has 0 aromatic carbocycles. The van der Waals surface area contributed by atoms with Gasteiger partial charge in [-0.2, -0.15) is 5.10 Å². The largest absolute Gasteiger partial charge is 0.467 e. The van der Waals surface area contributed by atoms with Gasteiger partial charge in [0.2, 0.25) is 0 Å². The van der Waals surface area contributed by atoms with Crippen LogP contribution in [0.25, 0.3) is 0 Å². The fraction of sp³-hybridized carbons (Fsp3) is 0.409. The molecule has 0 aliphatic carbocycles. The van der Waals surface area contributed by atoms with Crippen molar-refractivity contribution in [2.45, 2.75) is 59.2 Å². The summed E-state index contributed by atoms with van der Waals surface area (Å²) in [7, 11) is 0. The molecule has 0 aliphatic rings. The van der Waals surface area contributed by atoms with Gasteiger partial charge in [0, 0.05) is 19.2 Å². The zero-order valence-electron chi connectivity index (χ0n) is 18.7. The van der Waals surface area contributed by atoms with E-state index in [-0.39, 0.29) is 35.8 Å². The molecule has 0 unspecified atom stereocenters. The Hall–Kier alpha value is -3.89. The third-order valence-corrected chi connectivity index (χ3v) is 5.17. The number of amides is 1. The van der Waals surface area contributed by atoms with E-state index in [2.05, 4.69) is 10.1 Å². The Kier molecular flexibility index (Phi) is 7.65. The summed E-state index contributed by atoms with van der Waals surface area (Å²) in [6.07, 6.45) is 4.47. The molecule has 0 aliphatic heterocycles. The number of carbonyl (C=O) groups is 1. The van der Waals surface area contributed by atoms with Crippen LogP contribution in [0.5, 0.6) is 0 Å². The van der Waals surface area contributed by atoms with Gasteiger partial charge in [-0.05, 0) is 31.0 Å². The molecule has 3 aromatic heterocycles. The molecule has 11 heteroatoms. The summed E-state index contributed by atoms with van der Waals surface area (Å²) in [4.78, 5) is 54.2. The Morgan fingerprint density at radius 1 is 1.12 bits per heavy atom. The lowest BCUT2D eigenvalue weighted by molar-refractivity contribution is 0.0975. The summed E-state index contributed by atoms with van der Waals surface area (Å²) in [6.45, 7) is 4.46. The minimum absolute atomic E-state index is 0.0395. The van der Waals surface area contributed by atoms with Gasteiger partial charge in [0.25, 0.3) is 17.0 Å². The van der Waals surface area contributed by atoms with Gasteiger partial charge in [-0.15, -0.1) is 0 Å². The lowest BCUT2D eigenvalue weighted by Gasteiger charge is -2.23. The second kappa shape index (κ2) is 10.6. The van der Waals surface area contributed by atoms with Crippen LogP contribution in [0.2, 0.25) is 0 Å². The van der Waals surface area contributed by atoms with Gasteiger partial charge in [0.1, 0.15) is 17.3 Å². The van der Waals surface area contributed by atoms with E-state index >= 15 is 0 Å². The number of aromatic amines is 1. The highest BCUT2D eigenvalue weighted by Crippen LogP contribution is 2.22. The molecule has 0 saturated heterocycles. The van der Waals surface area contributed by atoms with E-state index in [1.54, 1.807) is 12.1 Å². The predicted molar refractivity (Wildman–Crippen MR) is 123 cm³/mol. The Morgan fingerprint density at radius 2 is 1.85 bits per heavy atom. The number of rotatable bonds is 10. The number of aryl methyl sites for hydroxylation is 1. The van der Waals surface area contributed by atoms with Crippen LogP contribution >= 0.6 is 0 Å². The summed E-state index contributed by atoms with van der Waals surface area (Å²) < 4.78 is 7.83. The number of nitrogens with one attached hydrogen (secondary N) is 1. The van der Waals surface area contributed by atoms with Crippen molar-refractivity contribution >= 4 is 17.4 Å². The van der Waals surface area contributed by atoms with Crippen LogP contribution in [0, 0.1) is 0 Å². The second-order valence-electron chi connectivity index (χ2n) is 7.60. The summed E-state index contributed by atoms with van der Waals surface area (Å²) in [5, 5.41) is 4.20. The van der Waals surface area contributed by atoms with E-state index in [0.29, 0.717) is 18.7 Å². The van der Waals surface area contributed by atoms with Crippen LogP contribution in [-0.2, 0) is 19.6 Å². The maximum absolute atomic E-state index is 13.5. The average Bonchev–Trinajstić information content (AvgIpc) is 3.30. The number of unbranched alkanes of at least 4 members (excludes halogenated alkanes) is 2. The van der Waals surface area contributed by atoms with Crippen molar-refractivity contribution < 1.29 is 9.21 Å². The number of hydrogen-bond donors (Lipinski definition) is 2. The highest BCUT2D eigenvalue weighted by atomic mass is 16.3. The molecule has 0 saturated carbocycles. The SMILES string of the molecule is CCCCn1nc(C(=O)N(Cc2ccco2)c2c(N)n(CCCC)c(=O)[nH]c2=O)ccc1=O. The van der Waals surface area contributed by atoms with Crippen LogP contribution in [-0.4, -0.2) is 25.2 Å². The number of nitrogens with two attached hydrogens (primary N) is 1. The molecular formula is C22H28N6O5. The van der Waals surface area contributed by atoms with Gasteiger partial charge in [0.05, 0.1) is 12.8 Å². The van der Waals surface area contributed by atoms with Crippen LogP contribution in [0.3, 0.4) is 0 Å². The van der Waals surface area contributed by atoms with Crippen molar-refractivity contribution in [3.05, 3.63) is 73.2 Å². The molecule has 3 aromatic rings. The quantitative estimate of drug-likeness (QED) is 0.471. The molecule has 176 valence electrons. The normalized spacial score (nSPS) is 11.0. The summed E-state index contributed by atoms with van der Waals surface area (Å²) >= 11 is 0. The molecule has 3 heterocycles. The average molecular weight is 457 g/mol. The molecule has 1 amide bonds. The Bertz CT molecular complexity index is 1270. The van der Waals surface area contributed by atoms with Crippen molar-refractivity contribution in [1.29, 1.82) is 0 Å². The van der Waals surface area contributed by atoms with Crippen molar-refractivity contribution in [1.82, 2.24) is 19.3 Å². The number of furan rings is 1. The van der Waals surface area contributed by atoms with Crippen LogP contribution in [0.15, 0.2) is 49.3 Å². The van der Waals surface area contributed by atoms with Crippen LogP contribution < -0.4 is 27.4 Å². The highest BCUT2D eigenvalue weighted by molar-refractivity contribution is 6.05. The van der Waals surface area contributed by atoms with E-state index in [0.717, 1.165) is 24.2 Å². The topological polar surface area (TPSA) is 149 Å². The van der Waals surface area contributed by atoms with Crippen molar-refractivity contribution in [3.63, 3.8) is 0 Å². The molecular weight excluding hydrogens is 428 g/mol. The van der Waals surface area contributed by atoms with Gasteiger partial charge < -0.3 is 10.2 Å². The molecule has 33 heavy (non-hydrogen) atoms. The molecule has 0 spiro atoms. The van der Waals surface area contributed by atoms with Crippen molar-refractivity contribution in [2.75, 3.05) is 10.6 Å². The second-order valence-corrected chi connectivity index (χ2v) is 7.60. The smallest absolute Gasteiger partial charge is 0.330 e. The molecule has 0 bridgehead atoms. The van der Waals surface area contributed by atoms with E-state index in [9.17, 15) is 19.2 Å². The fourth-order valence-corrected chi connectivity index (χ4v) is 3.36. The first-order valence-electron chi connectivity index (χ1n) is 10.9. The van der Waals surface area contributed by atoms with Crippen molar-refractivity contribution in [2.24, 2.45) is 0 Å². The van der Waals surface area contributed by atoms with Gasteiger partial charge in [-0.25, -0.2) is 9.48 Å². The number of carbonyl (C=O) groups excluding carboxylic acids is 1. The number of nitrogen functional groups attached to an aromatic ring is 1. The Labute approximate surface area is 189 Å². The summed E-state index contributed by atoms with van der Waals surface area (Å²) in [5.74, 6) is -0.390. The lowest BCUT2D eigenvalue weighted by Crippen LogP contribution is -2.41. The minimum Gasteiger partial charge on any atom is -0.467 e. The first-order chi connectivity index (χ1) is 15.9. The Balaban J connectivity index is 2.12. The Morgan fingerprint density at radius 3 is 2.52 bits per heavy atom. The molecule has 0 fully saturated rings.